The SMILES string of the molecule is Oc1c(F)ccc(Br)c1CBr. The molecule has 0 spiro atoms. The van der Waals surface area contributed by atoms with E-state index in [1.807, 2.05) is 0 Å². The molecule has 1 nitrogen and oxygen atoms in total. The fraction of sp³-hybridized carbons (Fsp3) is 0.143. The summed E-state index contributed by atoms with van der Waals surface area (Å²) in [4.78, 5) is 0. The Hall–Kier alpha value is -0.0900. The van der Waals surface area contributed by atoms with E-state index in [0.717, 1.165) is 0 Å². The fourth-order valence-electron chi connectivity index (χ4n) is 0.710. The average Bonchev–Trinajstić information content (AvgIpc) is 1.99. The molecule has 0 radical (unpaired) electrons. The van der Waals surface area contributed by atoms with Crippen molar-refractivity contribution in [1.29, 1.82) is 0 Å². The summed E-state index contributed by atoms with van der Waals surface area (Å²) in [5.41, 5.74) is 0.532. The minimum atomic E-state index is -0.595. The highest BCUT2D eigenvalue weighted by atomic mass is 79.9. The molecule has 0 amide bonds. The van der Waals surface area contributed by atoms with Crippen molar-refractivity contribution in [2.75, 3.05) is 0 Å². The van der Waals surface area contributed by atoms with Crippen LogP contribution < -0.4 is 0 Å². The topological polar surface area (TPSA) is 20.2 Å². The van der Waals surface area contributed by atoms with Gasteiger partial charge in [-0.3, -0.25) is 0 Å². The molecule has 0 saturated carbocycles. The van der Waals surface area contributed by atoms with Gasteiger partial charge in [0.05, 0.1) is 0 Å². The van der Waals surface area contributed by atoms with Crippen molar-refractivity contribution in [1.82, 2.24) is 0 Å². The Labute approximate surface area is 80.5 Å². The molecule has 1 N–H and O–H groups in total. The highest BCUT2D eigenvalue weighted by Crippen LogP contribution is 2.30. The van der Waals surface area contributed by atoms with Crippen molar-refractivity contribution in [3.8, 4) is 5.75 Å². The molecule has 0 aliphatic carbocycles. The number of hydrogen-bond acceptors (Lipinski definition) is 1. The lowest BCUT2D eigenvalue weighted by atomic mass is 10.2. The molecule has 11 heavy (non-hydrogen) atoms. The van der Waals surface area contributed by atoms with Gasteiger partial charge in [-0.1, -0.05) is 31.9 Å². The quantitative estimate of drug-likeness (QED) is 0.785. The summed E-state index contributed by atoms with van der Waals surface area (Å²) < 4.78 is 13.4. The number of aromatic hydroxyl groups is 1. The van der Waals surface area contributed by atoms with Crippen LogP contribution in [0.2, 0.25) is 0 Å². The highest BCUT2D eigenvalue weighted by Gasteiger charge is 2.08. The molecule has 0 saturated heterocycles. The van der Waals surface area contributed by atoms with Crippen LogP contribution in [-0.4, -0.2) is 5.11 Å². The number of phenolic OH excluding ortho intramolecular Hbond substituents is 1. The molecule has 0 atom stereocenters. The lowest BCUT2D eigenvalue weighted by Crippen LogP contribution is -1.85. The summed E-state index contributed by atoms with van der Waals surface area (Å²) in [5, 5.41) is 9.57. The normalized spacial score (nSPS) is 10.1. The zero-order chi connectivity index (χ0) is 8.43. The molecule has 4 heteroatoms. The van der Waals surface area contributed by atoms with E-state index >= 15 is 0 Å². The van der Waals surface area contributed by atoms with Crippen LogP contribution in [0, 0.1) is 5.82 Å². The zero-order valence-electron chi connectivity index (χ0n) is 5.44. The first kappa shape index (κ1) is 9.00. The summed E-state index contributed by atoms with van der Waals surface area (Å²) in [6, 6.07) is 2.78. The van der Waals surface area contributed by atoms with Gasteiger partial charge in [-0.25, -0.2) is 4.39 Å². The lowest BCUT2D eigenvalue weighted by molar-refractivity contribution is 0.427. The molecule has 60 valence electrons. The van der Waals surface area contributed by atoms with Gasteiger partial charge in [0.1, 0.15) is 0 Å². The average molecular weight is 284 g/mol. The fourth-order valence-corrected chi connectivity index (χ4v) is 2.11. The first-order valence-electron chi connectivity index (χ1n) is 2.88. The lowest BCUT2D eigenvalue weighted by Gasteiger charge is -2.03. The summed E-state index contributed by atoms with van der Waals surface area (Å²) >= 11 is 6.32. The van der Waals surface area contributed by atoms with Crippen molar-refractivity contribution in [3.05, 3.63) is 28.0 Å². The van der Waals surface area contributed by atoms with Gasteiger partial charge in [0.2, 0.25) is 0 Å². The van der Waals surface area contributed by atoms with Crippen LogP contribution in [0.15, 0.2) is 16.6 Å². The van der Waals surface area contributed by atoms with Crippen LogP contribution in [0.4, 0.5) is 4.39 Å². The van der Waals surface area contributed by atoms with Crippen LogP contribution in [0.25, 0.3) is 0 Å². The summed E-state index contributed by atoms with van der Waals surface area (Å²) in [6.07, 6.45) is 0. The molecule has 0 aromatic heterocycles. The molecule has 0 unspecified atom stereocenters. The maximum Gasteiger partial charge on any atom is 0.165 e. The minimum Gasteiger partial charge on any atom is -0.505 e. The maximum atomic E-state index is 12.7. The van der Waals surface area contributed by atoms with Crippen LogP contribution in [0.5, 0.6) is 5.75 Å². The van der Waals surface area contributed by atoms with Crippen LogP contribution >= 0.6 is 31.9 Å². The van der Waals surface area contributed by atoms with Gasteiger partial charge in [-0.15, -0.1) is 0 Å². The van der Waals surface area contributed by atoms with Gasteiger partial charge in [-0.2, -0.15) is 0 Å². The van der Waals surface area contributed by atoms with Crippen LogP contribution in [0.1, 0.15) is 5.56 Å². The van der Waals surface area contributed by atoms with Crippen molar-refractivity contribution < 1.29 is 9.50 Å². The number of alkyl halides is 1. The Bertz CT molecular complexity index is 275. The Morgan fingerprint density at radius 1 is 1.45 bits per heavy atom. The van der Waals surface area contributed by atoms with Crippen molar-refractivity contribution in [2.45, 2.75) is 5.33 Å². The Morgan fingerprint density at radius 3 is 2.55 bits per heavy atom. The van der Waals surface area contributed by atoms with E-state index in [9.17, 15) is 4.39 Å². The van der Waals surface area contributed by atoms with Crippen molar-refractivity contribution in [3.63, 3.8) is 0 Å². The van der Waals surface area contributed by atoms with E-state index in [1.165, 1.54) is 6.07 Å². The number of benzene rings is 1. The summed E-state index contributed by atoms with van der Waals surface area (Å²) in [5.74, 6) is -0.890. The van der Waals surface area contributed by atoms with E-state index in [-0.39, 0.29) is 5.75 Å². The van der Waals surface area contributed by atoms with E-state index in [4.69, 9.17) is 5.11 Å². The van der Waals surface area contributed by atoms with E-state index < -0.39 is 5.82 Å². The molecular formula is C7H5Br2FO. The molecule has 0 fully saturated rings. The number of halogens is 3. The van der Waals surface area contributed by atoms with Gasteiger partial charge < -0.3 is 5.11 Å². The first-order valence-corrected chi connectivity index (χ1v) is 4.80. The summed E-state index contributed by atoms with van der Waals surface area (Å²) in [7, 11) is 0. The van der Waals surface area contributed by atoms with Gasteiger partial charge >= 0.3 is 0 Å². The predicted octanol–water partition coefficient (Wildman–Crippen LogP) is 3.19. The monoisotopic (exact) mass is 282 g/mol. The number of phenols is 1. The van der Waals surface area contributed by atoms with Crippen molar-refractivity contribution in [2.24, 2.45) is 0 Å². The summed E-state index contributed by atoms with van der Waals surface area (Å²) in [6.45, 7) is 0. The molecule has 1 aromatic rings. The Balaban J connectivity index is 3.29. The molecule has 0 aliphatic heterocycles. The molecule has 1 aromatic carbocycles. The van der Waals surface area contributed by atoms with Crippen LogP contribution in [0.3, 0.4) is 0 Å². The van der Waals surface area contributed by atoms with Crippen molar-refractivity contribution >= 4 is 31.9 Å². The third-order valence-electron chi connectivity index (χ3n) is 1.31. The van der Waals surface area contributed by atoms with Gasteiger partial charge in [0, 0.05) is 15.4 Å². The second kappa shape index (κ2) is 3.54. The third kappa shape index (κ3) is 1.73. The standard InChI is InChI=1S/C7H5Br2FO/c8-3-4-5(9)1-2-6(10)7(4)11/h1-2,11H,3H2. The number of rotatable bonds is 1. The van der Waals surface area contributed by atoms with Gasteiger partial charge in [-0.05, 0) is 12.1 Å². The second-order valence-electron chi connectivity index (χ2n) is 1.99. The molecule has 0 bridgehead atoms. The predicted molar refractivity (Wildman–Crippen MR) is 48.4 cm³/mol. The third-order valence-corrected chi connectivity index (χ3v) is 2.61. The molecule has 1 rings (SSSR count). The highest BCUT2D eigenvalue weighted by molar-refractivity contribution is 9.10. The maximum absolute atomic E-state index is 12.7. The largest absolute Gasteiger partial charge is 0.505 e. The first-order chi connectivity index (χ1) is 5.16. The van der Waals surface area contributed by atoms with Gasteiger partial charge in [0.15, 0.2) is 11.6 Å². The molecule has 0 aliphatic rings. The van der Waals surface area contributed by atoms with E-state index in [0.29, 0.717) is 15.4 Å². The Morgan fingerprint density at radius 2 is 2.09 bits per heavy atom. The molecular weight excluding hydrogens is 279 g/mol. The van der Waals surface area contributed by atoms with Gasteiger partial charge in [0.25, 0.3) is 0 Å². The Kier molecular flexibility index (Phi) is 2.90. The molecule has 0 heterocycles. The van der Waals surface area contributed by atoms with Crippen LogP contribution in [-0.2, 0) is 5.33 Å². The van der Waals surface area contributed by atoms with E-state index in [1.54, 1.807) is 6.07 Å². The second-order valence-corrected chi connectivity index (χ2v) is 3.41. The zero-order valence-corrected chi connectivity index (χ0v) is 8.61. The van der Waals surface area contributed by atoms with E-state index in [2.05, 4.69) is 31.9 Å². The number of hydrogen-bond donors (Lipinski definition) is 1. The smallest absolute Gasteiger partial charge is 0.165 e. The minimum absolute atomic E-state index is 0.295.